The molecular weight excluding hydrogens is 263 g/mol. The first-order chi connectivity index (χ1) is 9.89. The molecule has 21 heavy (non-hydrogen) atoms. The quantitative estimate of drug-likeness (QED) is 0.811. The molecule has 110 valence electrons. The molecule has 0 radical (unpaired) electrons. The van der Waals surface area contributed by atoms with E-state index in [1.807, 2.05) is 29.1 Å². The predicted molar refractivity (Wildman–Crippen MR) is 83.5 cm³/mol. The summed E-state index contributed by atoms with van der Waals surface area (Å²) in [6.07, 6.45) is 3.75. The van der Waals surface area contributed by atoms with E-state index in [9.17, 15) is 0 Å². The lowest BCUT2D eigenvalue weighted by atomic mass is 9.76. The van der Waals surface area contributed by atoms with Gasteiger partial charge in [0.05, 0.1) is 17.7 Å². The maximum absolute atomic E-state index is 6.16. The molecule has 0 atom stereocenters. The minimum Gasteiger partial charge on any atom is -0.399 e. The van der Waals surface area contributed by atoms with Gasteiger partial charge in [0.15, 0.2) is 0 Å². The Morgan fingerprint density at radius 2 is 1.71 bits per heavy atom. The molecule has 0 aliphatic carbocycles. The van der Waals surface area contributed by atoms with Gasteiger partial charge in [0, 0.05) is 12.4 Å². The zero-order valence-corrected chi connectivity index (χ0v) is 13.0. The fourth-order valence-electron chi connectivity index (χ4n) is 2.45. The van der Waals surface area contributed by atoms with Crippen LogP contribution in [0.5, 0.6) is 0 Å². The third kappa shape index (κ3) is 2.63. The number of benzene rings is 1. The summed E-state index contributed by atoms with van der Waals surface area (Å²) in [6.45, 7) is 9.01. The van der Waals surface area contributed by atoms with Crippen LogP contribution in [0.15, 0.2) is 42.7 Å². The lowest BCUT2D eigenvalue weighted by molar-refractivity contribution is 0.00578. The lowest BCUT2D eigenvalue weighted by Gasteiger charge is -2.32. The van der Waals surface area contributed by atoms with Gasteiger partial charge in [0.1, 0.15) is 0 Å². The van der Waals surface area contributed by atoms with E-state index in [-0.39, 0.29) is 18.3 Å². The molecule has 1 aromatic heterocycles. The van der Waals surface area contributed by atoms with Crippen molar-refractivity contribution < 1.29 is 9.31 Å². The van der Waals surface area contributed by atoms with Crippen molar-refractivity contribution in [3.8, 4) is 0 Å². The smallest absolute Gasteiger partial charge is 0.399 e. The van der Waals surface area contributed by atoms with Gasteiger partial charge >= 0.3 is 7.12 Å². The summed E-state index contributed by atoms with van der Waals surface area (Å²) in [5.74, 6) is 0. The Balaban J connectivity index is 1.90. The van der Waals surface area contributed by atoms with E-state index in [0.29, 0.717) is 6.54 Å². The summed E-state index contributed by atoms with van der Waals surface area (Å²) < 4.78 is 14.2. The molecule has 1 aromatic carbocycles. The number of hydrogen-bond acceptors (Lipinski definition) is 3. The van der Waals surface area contributed by atoms with Crippen LogP contribution in [0.2, 0.25) is 0 Å². The maximum atomic E-state index is 6.16. The molecule has 4 nitrogen and oxygen atoms in total. The van der Waals surface area contributed by atoms with E-state index < -0.39 is 0 Å². The largest absolute Gasteiger partial charge is 0.495 e. The van der Waals surface area contributed by atoms with Crippen molar-refractivity contribution in [2.24, 2.45) is 0 Å². The van der Waals surface area contributed by atoms with Gasteiger partial charge in [-0.15, -0.1) is 0 Å². The van der Waals surface area contributed by atoms with Gasteiger partial charge in [-0.2, -0.15) is 5.10 Å². The van der Waals surface area contributed by atoms with Crippen LogP contribution in [-0.2, 0) is 15.9 Å². The van der Waals surface area contributed by atoms with E-state index in [1.165, 1.54) is 5.56 Å². The van der Waals surface area contributed by atoms with E-state index in [2.05, 4.69) is 44.9 Å². The number of nitrogens with zero attached hydrogens (tertiary/aromatic N) is 2. The highest BCUT2D eigenvalue weighted by Gasteiger charge is 2.52. The Kier molecular flexibility index (Phi) is 3.42. The van der Waals surface area contributed by atoms with Crippen LogP contribution in [0.25, 0.3) is 0 Å². The zero-order chi connectivity index (χ0) is 15.1. The molecular formula is C16H21BN2O2. The van der Waals surface area contributed by atoms with E-state index in [4.69, 9.17) is 9.31 Å². The summed E-state index contributed by atoms with van der Waals surface area (Å²) in [7, 11) is -0.332. The molecule has 1 aliphatic heterocycles. The SMILES string of the molecule is CC1(C)OB(c2ccccc2Cn2cccn2)OC1(C)C. The first-order valence-corrected chi connectivity index (χ1v) is 7.30. The molecule has 5 heteroatoms. The molecule has 2 aromatic rings. The Labute approximate surface area is 126 Å². The highest BCUT2D eigenvalue weighted by atomic mass is 16.7. The fourth-order valence-corrected chi connectivity index (χ4v) is 2.45. The Hall–Kier alpha value is -1.59. The second kappa shape index (κ2) is 5.00. The van der Waals surface area contributed by atoms with Crippen LogP contribution in [0.1, 0.15) is 33.3 Å². The van der Waals surface area contributed by atoms with Crippen LogP contribution < -0.4 is 5.46 Å². The molecule has 0 unspecified atom stereocenters. The molecule has 3 rings (SSSR count). The molecule has 1 aliphatic rings. The van der Waals surface area contributed by atoms with Gasteiger partial charge in [-0.1, -0.05) is 24.3 Å². The topological polar surface area (TPSA) is 36.3 Å². The molecule has 0 N–H and O–H groups in total. The first kappa shape index (κ1) is 14.4. The maximum Gasteiger partial charge on any atom is 0.495 e. The summed E-state index contributed by atoms with van der Waals surface area (Å²) in [6, 6.07) is 10.2. The van der Waals surface area contributed by atoms with Crippen LogP contribution in [0, 0.1) is 0 Å². The predicted octanol–water partition coefficient (Wildman–Crippen LogP) is 2.23. The highest BCUT2D eigenvalue weighted by molar-refractivity contribution is 6.62. The normalized spacial score (nSPS) is 19.9. The number of aromatic nitrogens is 2. The van der Waals surface area contributed by atoms with Gasteiger partial charge < -0.3 is 9.31 Å². The van der Waals surface area contributed by atoms with Crippen LogP contribution in [0.3, 0.4) is 0 Å². The molecule has 1 saturated heterocycles. The van der Waals surface area contributed by atoms with Crippen molar-refractivity contribution in [1.29, 1.82) is 0 Å². The third-order valence-corrected chi connectivity index (χ3v) is 4.45. The average molecular weight is 284 g/mol. The number of hydrogen-bond donors (Lipinski definition) is 0. The van der Waals surface area contributed by atoms with E-state index >= 15 is 0 Å². The zero-order valence-electron chi connectivity index (χ0n) is 13.0. The van der Waals surface area contributed by atoms with Crippen LogP contribution in [0.4, 0.5) is 0 Å². The number of rotatable bonds is 3. The standard InChI is InChI=1S/C16H21BN2O2/c1-15(2)16(3,4)21-17(20-15)14-9-6-5-8-13(14)12-19-11-7-10-18-19/h5-11H,12H2,1-4H3. The lowest BCUT2D eigenvalue weighted by Crippen LogP contribution is -2.41. The summed E-state index contributed by atoms with van der Waals surface area (Å²) in [5, 5.41) is 4.27. The molecule has 1 fully saturated rings. The second-order valence-electron chi connectivity index (χ2n) is 6.49. The average Bonchev–Trinajstić information content (AvgIpc) is 2.97. The molecule has 0 spiro atoms. The Morgan fingerprint density at radius 3 is 2.33 bits per heavy atom. The summed E-state index contributed by atoms with van der Waals surface area (Å²) in [5.41, 5.74) is 1.60. The second-order valence-corrected chi connectivity index (χ2v) is 6.49. The van der Waals surface area contributed by atoms with Crippen molar-refractivity contribution >= 4 is 12.6 Å². The third-order valence-electron chi connectivity index (χ3n) is 4.45. The molecule has 0 saturated carbocycles. The van der Waals surface area contributed by atoms with Gasteiger partial charge in [-0.3, -0.25) is 4.68 Å². The van der Waals surface area contributed by atoms with Gasteiger partial charge in [-0.25, -0.2) is 0 Å². The Morgan fingerprint density at radius 1 is 1.05 bits per heavy atom. The summed E-state index contributed by atoms with van der Waals surface area (Å²) in [4.78, 5) is 0. The van der Waals surface area contributed by atoms with Gasteiger partial charge in [0.25, 0.3) is 0 Å². The van der Waals surface area contributed by atoms with Crippen LogP contribution >= 0.6 is 0 Å². The van der Waals surface area contributed by atoms with E-state index in [1.54, 1.807) is 6.20 Å². The molecule has 2 heterocycles. The molecule has 0 amide bonds. The highest BCUT2D eigenvalue weighted by Crippen LogP contribution is 2.36. The minimum absolute atomic E-state index is 0.323. The monoisotopic (exact) mass is 284 g/mol. The van der Waals surface area contributed by atoms with Crippen LogP contribution in [-0.4, -0.2) is 28.1 Å². The summed E-state index contributed by atoms with van der Waals surface area (Å²) >= 11 is 0. The minimum atomic E-state index is -0.332. The van der Waals surface area contributed by atoms with Crippen molar-refractivity contribution in [2.75, 3.05) is 0 Å². The van der Waals surface area contributed by atoms with Gasteiger partial charge in [0.2, 0.25) is 0 Å². The van der Waals surface area contributed by atoms with Crippen molar-refractivity contribution in [1.82, 2.24) is 9.78 Å². The first-order valence-electron chi connectivity index (χ1n) is 7.30. The van der Waals surface area contributed by atoms with Gasteiger partial charge in [-0.05, 0) is 44.8 Å². The van der Waals surface area contributed by atoms with Crippen molar-refractivity contribution in [2.45, 2.75) is 45.4 Å². The van der Waals surface area contributed by atoms with E-state index in [0.717, 1.165) is 5.46 Å². The Bertz CT molecular complexity index is 607. The van der Waals surface area contributed by atoms with Crippen molar-refractivity contribution in [3.05, 3.63) is 48.3 Å². The fraction of sp³-hybridized carbons (Fsp3) is 0.438. The van der Waals surface area contributed by atoms with Crippen molar-refractivity contribution in [3.63, 3.8) is 0 Å². The molecule has 0 bridgehead atoms.